The van der Waals surface area contributed by atoms with Crippen LogP contribution in [-0.2, 0) is 11.8 Å². The lowest BCUT2D eigenvalue weighted by atomic mass is 9.66. The maximum absolute atomic E-state index is 13.3. The fourth-order valence-corrected chi connectivity index (χ4v) is 5.81. The molecule has 3 saturated heterocycles. The van der Waals surface area contributed by atoms with Crippen molar-refractivity contribution in [2.75, 3.05) is 26.2 Å². The number of aryl methyl sites for hydroxylation is 1. The molecule has 0 aromatic heterocycles. The number of fused-ring (bicyclic) bond motifs is 3. The number of hydrogen-bond acceptors (Lipinski definition) is 2. The normalized spacial score (nSPS) is 37.0. The van der Waals surface area contributed by atoms with Crippen molar-refractivity contribution in [1.29, 1.82) is 0 Å². The first-order valence-electron chi connectivity index (χ1n) is 9.31. The van der Waals surface area contributed by atoms with Gasteiger partial charge in [-0.1, -0.05) is 19.1 Å². The van der Waals surface area contributed by atoms with Gasteiger partial charge in [0.05, 0.1) is 0 Å². The molecule has 4 aliphatic heterocycles. The number of hydrogen-bond donors (Lipinski definition) is 0. The summed E-state index contributed by atoms with van der Waals surface area (Å²) < 4.78 is 0. The van der Waals surface area contributed by atoms with Crippen molar-refractivity contribution in [3.63, 3.8) is 0 Å². The van der Waals surface area contributed by atoms with Crippen LogP contribution in [0.25, 0.3) is 0 Å². The van der Waals surface area contributed by atoms with E-state index in [2.05, 4.69) is 34.9 Å². The Hall–Kier alpha value is -1.06. The molecule has 1 amide bonds. The van der Waals surface area contributed by atoms with Crippen LogP contribution in [0.3, 0.4) is 0 Å². The predicted molar refractivity (Wildman–Crippen MR) is 98.0 cm³/mol. The first-order valence-corrected chi connectivity index (χ1v) is 9.31. The smallest absolute Gasteiger partial charge is 0.254 e. The summed E-state index contributed by atoms with van der Waals surface area (Å²) in [5, 5.41) is 0. The Morgan fingerprint density at radius 1 is 1.21 bits per heavy atom. The summed E-state index contributed by atoms with van der Waals surface area (Å²) in [7, 11) is 0. The van der Waals surface area contributed by atoms with E-state index in [9.17, 15) is 4.79 Å². The minimum Gasteiger partial charge on any atom is -0.333 e. The Morgan fingerprint density at radius 2 is 2.00 bits per heavy atom. The van der Waals surface area contributed by atoms with Gasteiger partial charge in [-0.2, -0.15) is 0 Å². The summed E-state index contributed by atoms with van der Waals surface area (Å²) >= 11 is 0. The lowest BCUT2D eigenvalue weighted by molar-refractivity contribution is -0.00359. The number of carbonyl (C=O) groups excluding carboxylic acids is 1. The van der Waals surface area contributed by atoms with Gasteiger partial charge in [0.1, 0.15) is 0 Å². The number of amides is 1. The molecule has 4 heterocycles. The first kappa shape index (κ1) is 16.4. The molecule has 1 aromatic rings. The van der Waals surface area contributed by atoms with Gasteiger partial charge in [-0.25, -0.2) is 0 Å². The molecule has 24 heavy (non-hydrogen) atoms. The molecular formula is C20H27ClN2O. The van der Waals surface area contributed by atoms with Gasteiger partial charge in [0.15, 0.2) is 0 Å². The van der Waals surface area contributed by atoms with Gasteiger partial charge in [-0.3, -0.25) is 4.79 Å². The highest BCUT2D eigenvalue weighted by molar-refractivity contribution is 5.98. The van der Waals surface area contributed by atoms with Crippen molar-refractivity contribution < 1.29 is 4.79 Å². The molecule has 0 N–H and O–H groups in total. The van der Waals surface area contributed by atoms with Crippen molar-refractivity contribution in [3.8, 4) is 0 Å². The molecule has 1 aromatic carbocycles. The molecular weight excluding hydrogens is 320 g/mol. The number of halogens is 1. The number of nitrogens with zero attached hydrogens (tertiary/aromatic N) is 2. The second kappa shape index (κ2) is 5.74. The highest BCUT2D eigenvalue weighted by Gasteiger charge is 2.47. The molecule has 0 unspecified atom stereocenters. The van der Waals surface area contributed by atoms with Crippen molar-refractivity contribution in [1.82, 2.24) is 9.80 Å². The van der Waals surface area contributed by atoms with Gasteiger partial charge in [-0.05, 0) is 68.3 Å². The van der Waals surface area contributed by atoms with E-state index in [0.29, 0.717) is 11.9 Å². The van der Waals surface area contributed by atoms with Crippen LogP contribution < -0.4 is 0 Å². The predicted octanol–water partition coefficient (Wildman–Crippen LogP) is 3.25. The molecule has 3 nitrogen and oxygen atoms in total. The van der Waals surface area contributed by atoms with Crippen LogP contribution in [0.1, 0.15) is 54.1 Å². The van der Waals surface area contributed by atoms with Crippen LogP contribution >= 0.6 is 12.4 Å². The number of rotatable bonds is 1. The Balaban J connectivity index is 0.00000146. The molecule has 130 valence electrons. The quantitative estimate of drug-likeness (QED) is 0.779. The Bertz CT molecular complexity index is 668. The molecule has 4 heteroatoms. The molecule has 5 aliphatic rings. The summed E-state index contributed by atoms with van der Waals surface area (Å²) in [6.07, 6.45) is 6.18. The molecule has 2 atom stereocenters. The molecule has 0 spiro atoms. The first-order chi connectivity index (χ1) is 11.2. The fourth-order valence-electron chi connectivity index (χ4n) is 5.81. The van der Waals surface area contributed by atoms with Gasteiger partial charge in [-0.15, -0.1) is 12.4 Å². The van der Waals surface area contributed by atoms with E-state index >= 15 is 0 Å². The van der Waals surface area contributed by atoms with Crippen molar-refractivity contribution in [2.24, 2.45) is 5.92 Å². The standard InChI is InChI=1S/C20H26N2O.ClH/c1-20-9-3-5-15-4-2-6-16(18(15)20)19(23)22(13-20)17-12-21-10-7-14(17)8-11-21;/h2,4,6,14,17H,3,5,7-13H2,1H3;1H/t17-,20-;/m1./s1. The third-order valence-electron chi connectivity index (χ3n) is 6.96. The zero-order valence-corrected chi connectivity index (χ0v) is 15.3. The number of benzene rings is 1. The average molecular weight is 347 g/mol. The van der Waals surface area contributed by atoms with Crippen molar-refractivity contribution >= 4 is 18.3 Å². The summed E-state index contributed by atoms with van der Waals surface area (Å²) in [6.45, 7) is 6.91. The van der Waals surface area contributed by atoms with Crippen molar-refractivity contribution in [2.45, 2.75) is 50.5 Å². The van der Waals surface area contributed by atoms with Gasteiger partial charge >= 0.3 is 0 Å². The molecule has 6 rings (SSSR count). The van der Waals surface area contributed by atoms with E-state index in [4.69, 9.17) is 0 Å². The summed E-state index contributed by atoms with van der Waals surface area (Å²) in [5.41, 5.74) is 3.99. The van der Waals surface area contributed by atoms with E-state index in [1.807, 2.05) is 0 Å². The topological polar surface area (TPSA) is 23.6 Å². The lowest BCUT2D eigenvalue weighted by Gasteiger charge is -2.53. The van der Waals surface area contributed by atoms with E-state index in [-0.39, 0.29) is 17.8 Å². The minimum absolute atomic E-state index is 0. The maximum Gasteiger partial charge on any atom is 0.254 e. The summed E-state index contributed by atoms with van der Waals surface area (Å²) in [6, 6.07) is 6.87. The van der Waals surface area contributed by atoms with E-state index in [1.54, 1.807) is 0 Å². The zero-order chi connectivity index (χ0) is 15.6. The third-order valence-corrected chi connectivity index (χ3v) is 6.96. The van der Waals surface area contributed by atoms with Gasteiger partial charge in [0, 0.05) is 30.1 Å². The average Bonchev–Trinajstić information content (AvgIpc) is 2.59. The molecule has 1 aliphatic carbocycles. The highest BCUT2D eigenvalue weighted by Crippen LogP contribution is 2.45. The van der Waals surface area contributed by atoms with Crippen molar-refractivity contribution in [3.05, 3.63) is 34.9 Å². The summed E-state index contributed by atoms with van der Waals surface area (Å²) in [5.74, 6) is 1.03. The van der Waals surface area contributed by atoms with Crippen LogP contribution in [0.15, 0.2) is 18.2 Å². The van der Waals surface area contributed by atoms with Crippen LogP contribution in [-0.4, -0.2) is 47.9 Å². The molecule has 0 saturated carbocycles. The fraction of sp³-hybridized carbons (Fsp3) is 0.650. The van der Waals surface area contributed by atoms with Crippen LogP contribution in [0, 0.1) is 5.92 Å². The highest BCUT2D eigenvalue weighted by atomic mass is 35.5. The Morgan fingerprint density at radius 3 is 2.71 bits per heavy atom. The monoisotopic (exact) mass is 346 g/mol. The van der Waals surface area contributed by atoms with Gasteiger partial charge in [0.2, 0.25) is 0 Å². The van der Waals surface area contributed by atoms with Gasteiger partial charge < -0.3 is 9.80 Å². The zero-order valence-electron chi connectivity index (χ0n) is 14.5. The number of piperidine rings is 3. The Kier molecular flexibility index (Phi) is 3.92. The molecule has 3 fully saturated rings. The molecule has 0 radical (unpaired) electrons. The van der Waals surface area contributed by atoms with Crippen LogP contribution in [0.2, 0.25) is 0 Å². The van der Waals surface area contributed by atoms with Gasteiger partial charge in [0.25, 0.3) is 5.91 Å². The number of carbonyl (C=O) groups is 1. The molecule has 2 bridgehead atoms. The van der Waals surface area contributed by atoms with E-state index in [1.165, 1.54) is 49.9 Å². The second-order valence-electron chi connectivity index (χ2n) is 8.39. The van der Waals surface area contributed by atoms with E-state index in [0.717, 1.165) is 31.0 Å². The lowest BCUT2D eigenvalue weighted by Crippen LogP contribution is -2.62. The van der Waals surface area contributed by atoms with Crippen LogP contribution in [0.5, 0.6) is 0 Å². The third kappa shape index (κ3) is 2.24. The largest absolute Gasteiger partial charge is 0.333 e. The van der Waals surface area contributed by atoms with Crippen LogP contribution in [0.4, 0.5) is 0 Å². The Labute approximate surface area is 150 Å². The SMILES string of the molecule is C[C@]12CCCc3cccc(c31)C(=O)N([C@@H]1CN3CCC1CC3)C2.Cl. The second-order valence-corrected chi connectivity index (χ2v) is 8.39. The minimum atomic E-state index is 0. The van der Waals surface area contributed by atoms with E-state index < -0.39 is 0 Å². The maximum atomic E-state index is 13.3. The summed E-state index contributed by atoms with van der Waals surface area (Å²) in [4.78, 5) is 18.1.